The van der Waals surface area contributed by atoms with Gasteiger partial charge in [0.25, 0.3) is 0 Å². The lowest BCUT2D eigenvalue weighted by atomic mass is 10.0. The van der Waals surface area contributed by atoms with Crippen LogP contribution in [0.25, 0.3) is 0 Å². The van der Waals surface area contributed by atoms with Crippen molar-refractivity contribution in [2.24, 2.45) is 23.7 Å². The zero-order valence-electron chi connectivity index (χ0n) is 11.4. The van der Waals surface area contributed by atoms with Crippen molar-refractivity contribution < 1.29 is 13.9 Å². The summed E-state index contributed by atoms with van der Waals surface area (Å²) >= 11 is 0. The van der Waals surface area contributed by atoms with Crippen molar-refractivity contribution in [3.05, 3.63) is 17.3 Å². The van der Waals surface area contributed by atoms with Gasteiger partial charge in [0.05, 0.1) is 12.3 Å². The van der Waals surface area contributed by atoms with Gasteiger partial charge in [-0.05, 0) is 56.8 Å². The molecule has 19 heavy (non-hydrogen) atoms. The lowest BCUT2D eigenvalue weighted by molar-refractivity contribution is 0.0486. The Bertz CT molecular complexity index is 519. The van der Waals surface area contributed by atoms with Gasteiger partial charge < -0.3 is 9.15 Å². The monoisotopic (exact) mass is 261 g/mol. The number of carbonyl (C=O) groups is 1. The normalized spacial score (nSPS) is 38.3. The zero-order valence-corrected chi connectivity index (χ0v) is 11.4. The first kappa shape index (κ1) is 11.5. The van der Waals surface area contributed by atoms with E-state index in [4.69, 9.17) is 9.15 Å². The first-order chi connectivity index (χ1) is 9.20. The lowest BCUT2D eigenvalue weighted by Crippen LogP contribution is -2.04. The molecule has 4 unspecified atom stereocenters. The van der Waals surface area contributed by atoms with Crippen molar-refractivity contribution in [3.63, 3.8) is 0 Å². The highest BCUT2D eigenvalue weighted by Crippen LogP contribution is 2.72. The quantitative estimate of drug-likeness (QED) is 0.785. The molecule has 4 atom stereocenters. The molecule has 4 heteroatoms. The van der Waals surface area contributed by atoms with Gasteiger partial charge in [-0.2, -0.15) is 0 Å². The van der Waals surface area contributed by atoms with E-state index in [1.54, 1.807) is 6.92 Å². The van der Waals surface area contributed by atoms with Crippen molar-refractivity contribution in [2.45, 2.75) is 39.0 Å². The van der Waals surface area contributed by atoms with E-state index in [1.807, 2.05) is 6.92 Å². The van der Waals surface area contributed by atoms with Crippen LogP contribution >= 0.6 is 0 Å². The van der Waals surface area contributed by atoms with Gasteiger partial charge in [0, 0.05) is 5.92 Å². The summed E-state index contributed by atoms with van der Waals surface area (Å²) in [5.41, 5.74) is 0.672. The Balaban J connectivity index is 1.58. The number of oxazole rings is 1. The van der Waals surface area contributed by atoms with Gasteiger partial charge in [-0.1, -0.05) is 0 Å². The smallest absolute Gasteiger partial charge is 0.376 e. The third-order valence-electron chi connectivity index (χ3n) is 5.29. The number of hydrogen-bond acceptors (Lipinski definition) is 4. The maximum Gasteiger partial charge on any atom is 0.376 e. The molecule has 3 fully saturated rings. The van der Waals surface area contributed by atoms with Crippen LogP contribution in [0.2, 0.25) is 0 Å². The minimum Gasteiger partial charge on any atom is -0.460 e. The standard InChI is InChI=1S/C15H19NO3/c1-3-18-15(17)13-7(2)16-14(19-13)12-10-8-4-5-9(6-8)11(10)12/h8-12H,3-6H2,1-2H3. The lowest BCUT2D eigenvalue weighted by Gasteiger charge is -2.04. The summed E-state index contributed by atoms with van der Waals surface area (Å²) in [6.07, 6.45) is 4.18. The predicted molar refractivity (Wildman–Crippen MR) is 67.7 cm³/mol. The van der Waals surface area contributed by atoms with Gasteiger partial charge in [0.2, 0.25) is 5.76 Å². The van der Waals surface area contributed by atoms with E-state index < -0.39 is 0 Å². The molecule has 0 aliphatic heterocycles. The van der Waals surface area contributed by atoms with Crippen LogP contribution in [0.1, 0.15) is 54.2 Å². The van der Waals surface area contributed by atoms with Crippen LogP contribution < -0.4 is 0 Å². The van der Waals surface area contributed by atoms with Gasteiger partial charge in [-0.3, -0.25) is 0 Å². The Labute approximate surface area is 112 Å². The molecule has 3 aliphatic rings. The first-order valence-corrected chi connectivity index (χ1v) is 7.35. The molecule has 4 rings (SSSR count). The molecule has 0 spiro atoms. The molecule has 0 radical (unpaired) electrons. The van der Waals surface area contributed by atoms with Crippen LogP contribution in [0.4, 0.5) is 0 Å². The highest BCUT2D eigenvalue weighted by atomic mass is 16.5. The average molecular weight is 261 g/mol. The summed E-state index contributed by atoms with van der Waals surface area (Å²) in [5.74, 6) is 4.53. The maximum absolute atomic E-state index is 11.8. The zero-order chi connectivity index (χ0) is 13.1. The molecular weight excluding hydrogens is 242 g/mol. The molecule has 3 aliphatic carbocycles. The SMILES string of the molecule is CCOC(=O)c1oc(C2C3C4CCC(C4)C23)nc1C. The van der Waals surface area contributed by atoms with Crippen molar-refractivity contribution in [1.82, 2.24) is 4.98 Å². The highest BCUT2D eigenvalue weighted by Gasteiger charge is 2.67. The second-order valence-corrected chi connectivity index (χ2v) is 6.20. The fraction of sp³-hybridized carbons (Fsp3) is 0.733. The Kier molecular flexibility index (Phi) is 2.32. The summed E-state index contributed by atoms with van der Waals surface area (Å²) in [4.78, 5) is 16.2. The number of carbonyl (C=O) groups excluding carboxylic acids is 1. The molecule has 1 aromatic heterocycles. The number of nitrogens with zero attached hydrogens (tertiary/aromatic N) is 1. The van der Waals surface area contributed by atoms with Crippen LogP contribution in [0.3, 0.4) is 0 Å². The average Bonchev–Trinajstić information content (AvgIpc) is 2.75. The Morgan fingerprint density at radius 3 is 2.68 bits per heavy atom. The molecule has 1 heterocycles. The number of hydrogen-bond donors (Lipinski definition) is 0. The van der Waals surface area contributed by atoms with Gasteiger partial charge in [0.15, 0.2) is 5.89 Å². The van der Waals surface area contributed by atoms with Gasteiger partial charge in [0.1, 0.15) is 0 Å². The van der Waals surface area contributed by atoms with Crippen LogP contribution in [0.15, 0.2) is 4.42 Å². The van der Waals surface area contributed by atoms with E-state index in [9.17, 15) is 4.79 Å². The van der Waals surface area contributed by atoms with Gasteiger partial charge in [-0.25, -0.2) is 9.78 Å². The summed E-state index contributed by atoms with van der Waals surface area (Å²) in [7, 11) is 0. The van der Waals surface area contributed by atoms with E-state index in [-0.39, 0.29) is 5.97 Å². The Morgan fingerprint density at radius 1 is 1.37 bits per heavy atom. The van der Waals surface area contributed by atoms with Crippen LogP contribution in [0, 0.1) is 30.6 Å². The number of fused-ring (bicyclic) bond motifs is 5. The fourth-order valence-corrected chi connectivity index (χ4v) is 4.60. The summed E-state index contributed by atoms with van der Waals surface area (Å²) in [6.45, 7) is 3.99. The molecule has 102 valence electrons. The number of ether oxygens (including phenoxy) is 1. The topological polar surface area (TPSA) is 52.3 Å². The number of rotatable bonds is 3. The second-order valence-electron chi connectivity index (χ2n) is 6.20. The number of esters is 1. The molecule has 4 nitrogen and oxygen atoms in total. The molecule has 0 N–H and O–H groups in total. The maximum atomic E-state index is 11.8. The molecule has 1 aromatic rings. The van der Waals surface area contributed by atoms with Crippen molar-refractivity contribution in [2.75, 3.05) is 6.61 Å². The Hall–Kier alpha value is -1.32. The molecule has 3 saturated carbocycles. The van der Waals surface area contributed by atoms with E-state index in [2.05, 4.69) is 4.98 Å². The van der Waals surface area contributed by atoms with E-state index in [0.29, 0.717) is 24.0 Å². The summed E-state index contributed by atoms with van der Waals surface area (Å²) in [5, 5.41) is 0. The second kappa shape index (κ2) is 3.84. The Morgan fingerprint density at radius 2 is 2.05 bits per heavy atom. The third kappa shape index (κ3) is 1.52. The van der Waals surface area contributed by atoms with Crippen LogP contribution in [-0.2, 0) is 4.74 Å². The fourth-order valence-electron chi connectivity index (χ4n) is 4.60. The molecule has 2 bridgehead atoms. The van der Waals surface area contributed by atoms with E-state index >= 15 is 0 Å². The van der Waals surface area contributed by atoms with Gasteiger partial charge >= 0.3 is 5.97 Å². The number of aryl methyl sites for hydroxylation is 1. The van der Waals surface area contributed by atoms with Crippen molar-refractivity contribution in [3.8, 4) is 0 Å². The van der Waals surface area contributed by atoms with E-state index in [0.717, 1.165) is 29.6 Å². The summed E-state index contributed by atoms with van der Waals surface area (Å²) in [6, 6.07) is 0. The first-order valence-electron chi connectivity index (χ1n) is 7.35. The molecular formula is C15H19NO3. The summed E-state index contributed by atoms with van der Waals surface area (Å²) < 4.78 is 10.7. The number of aromatic nitrogens is 1. The molecule has 0 aromatic carbocycles. The van der Waals surface area contributed by atoms with Crippen LogP contribution in [0.5, 0.6) is 0 Å². The largest absolute Gasteiger partial charge is 0.460 e. The van der Waals surface area contributed by atoms with Crippen molar-refractivity contribution in [1.29, 1.82) is 0 Å². The third-order valence-corrected chi connectivity index (χ3v) is 5.29. The van der Waals surface area contributed by atoms with E-state index in [1.165, 1.54) is 19.3 Å². The highest BCUT2D eigenvalue weighted by molar-refractivity contribution is 5.87. The van der Waals surface area contributed by atoms with Crippen molar-refractivity contribution >= 4 is 5.97 Å². The predicted octanol–water partition coefficient (Wildman–Crippen LogP) is 2.92. The van der Waals surface area contributed by atoms with Gasteiger partial charge in [-0.15, -0.1) is 0 Å². The molecule has 0 saturated heterocycles. The minimum absolute atomic E-state index is 0.300. The minimum atomic E-state index is -0.382. The van der Waals surface area contributed by atoms with Crippen LogP contribution in [-0.4, -0.2) is 17.6 Å². The molecule has 0 amide bonds.